The molecule has 0 amide bonds. The third kappa shape index (κ3) is 1.46. The predicted octanol–water partition coefficient (Wildman–Crippen LogP) is 2.04. The lowest BCUT2D eigenvalue weighted by Gasteiger charge is -2.01. The van der Waals surface area contributed by atoms with Gasteiger partial charge in [-0.2, -0.15) is 0 Å². The van der Waals surface area contributed by atoms with Crippen LogP contribution in [0.25, 0.3) is 11.0 Å². The zero-order valence-electron chi connectivity index (χ0n) is 9.23. The van der Waals surface area contributed by atoms with Crippen LogP contribution in [0.1, 0.15) is 25.1 Å². The van der Waals surface area contributed by atoms with Crippen LogP contribution in [0.3, 0.4) is 0 Å². The number of anilines is 1. The van der Waals surface area contributed by atoms with Crippen molar-refractivity contribution in [3.05, 3.63) is 24.0 Å². The lowest BCUT2D eigenvalue weighted by molar-refractivity contribution is 0.123. The van der Waals surface area contributed by atoms with Gasteiger partial charge < -0.3 is 15.5 Å². The maximum Gasteiger partial charge on any atom is 0.112 e. The number of nitrogen functional groups attached to an aromatic ring is 1. The van der Waals surface area contributed by atoms with Crippen LogP contribution in [0.15, 0.2) is 18.2 Å². The number of aromatic nitrogens is 2. The van der Waals surface area contributed by atoms with Crippen molar-refractivity contribution >= 4 is 16.7 Å². The van der Waals surface area contributed by atoms with Crippen LogP contribution in [-0.2, 0) is 4.74 Å². The first-order chi connectivity index (χ1) is 7.74. The molecule has 1 saturated heterocycles. The molecular weight excluding hydrogens is 202 g/mol. The summed E-state index contributed by atoms with van der Waals surface area (Å²) >= 11 is 0. The molecule has 1 aromatic heterocycles. The molecule has 4 nitrogen and oxygen atoms in total. The van der Waals surface area contributed by atoms with Crippen molar-refractivity contribution in [2.24, 2.45) is 0 Å². The van der Waals surface area contributed by atoms with Crippen molar-refractivity contribution < 1.29 is 4.74 Å². The number of hydrogen-bond donors (Lipinski definition) is 2. The third-order valence-electron chi connectivity index (χ3n) is 3.15. The summed E-state index contributed by atoms with van der Waals surface area (Å²) < 4.78 is 5.55. The summed E-state index contributed by atoms with van der Waals surface area (Å²) in [5, 5.41) is 0. The van der Waals surface area contributed by atoms with Crippen LogP contribution >= 0.6 is 0 Å². The summed E-state index contributed by atoms with van der Waals surface area (Å²) in [7, 11) is 0. The van der Waals surface area contributed by atoms with E-state index >= 15 is 0 Å². The van der Waals surface area contributed by atoms with Gasteiger partial charge in [0.15, 0.2) is 0 Å². The molecule has 84 valence electrons. The molecule has 0 bridgehead atoms. The van der Waals surface area contributed by atoms with E-state index in [1.807, 2.05) is 18.2 Å². The molecule has 0 radical (unpaired) electrons. The average molecular weight is 217 g/mol. The fourth-order valence-corrected chi connectivity index (χ4v) is 2.27. The van der Waals surface area contributed by atoms with Gasteiger partial charge in [-0.1, -0.05) is 6.07 Å². The number of imidazole rings is 1. The normalized spacial score (nSPS) is 25.3. The van der Waals surface area contributed by atoms with Gasteiger partial charge in [-0.05, 0) is 25.5 Å². The fourth-order valence-electron chi connectivity index (χ4n) is 2.27. The smallest absolute Gasteiger partial charge is 0.112 e. The number of benzene rings is 1. The molecule has 2 aromatic rings. The molecule has 1 aliphatic heterocycles. The first kappa shape index (κ1) is 9.66. The van der Waals surface area contributed by atoms with Crippen LogP contribution in [-0.4, -0.2) is 22.7 Å². The summed E-state index contributed by atoms with van der Waals surface area (Å²) in [5.41, 5.74) is 8.49. The number of nitrogens with two attached hydrogens (primary N) is 1. The summed E-state index contributed by atoms with van der Waals surface area (Å²) in [5.74, 6) is 1.37. The second kappa shape index (κ2) is 3.49. The Labute approximate surface area is 93.8 Å². The van der Waals surface area contributed by atoms with Gasteiger partial charge in [0, 0.05) is 5.92 Å². The third-order valence-corrected chi connectivity index (χ3v) is 3.15. The largest absolute Gasteiger partial charge is 0.397 e. The van der Waals surface area contributed by atoms with E-state index in [9.17, 15) is 0 Å². The molecule has 1 aromatic carbocycles. The van der Waals surface area contributed by atoms with Crippen molar-refractivity contribution in [1.29, 1.82) is 0 Å². The maximum atomic E-state index is 5.88. The molecule has 2 heterocycles. The van der Waals surface area contributed by atoms with Gasteiger partial charge in [0.25, 0.3) is 0 Å². The Balaban J connectivity index is 2.02. The van der Waals surface area contributed by atoms with Crippen molar-refractivity contribution in [2.45, 2.75) is 25.4 Å². The van der Waals surface area contributed by atoms with Crippen molar-refractivity contribution in [1.82, 2.24) is 9.97 Å². The highest BCUT2D eigenvalue weighted by Gasteiger charge is 2.26. The van der Waals surface area contributed by atoms with Gasteiger partial charge in [-0.15, -0.1) is 0 Å². The minimum Gasteiger partial charge on any atom is -0.397 e. The number of nitrogens with zero attached hydrogens (tertiary/aromatic N) is 1. The van der Waals surface area contributed by atoms with Gasteiger partial charge in [-0.25, -0.2) is 4.98 Å². The molecule has 16 heavy (non-hydrogen) atoms. The highest BCUT2D eigenvalue weighted by molar-refractivity contribution is 5.86. The molecule has 3 N–H and O–H groups in total. The lowest BCUT2D eigenvalue weighted by atomic mass is 10.1. The van der Waals surface area contributed by atoms with Crippen molar-refractivity contribution in [3.8, 4) is 0 Å². The predicted molar refractivity (Wildman–Crippen MR) is 63.3 cm³/mol. The van der Waals surface area contributed by atoms with Gasteiger partial charge >= 0.3 is 0 Å². The molecule has 1 aliphatic rings. The van der Waals surface area contributed by atoms with Crippen LogP contribution in [0.2, 0.25) is 0 Å². The van der Waals surface area contributed by atoms with E-state index < -0.39 is 0 Å². The molecule has 2 atom stereocenters. The maximum absolute atomic E-state index is 5.88. The van der Waals surface area contributed by atoms with Crippen molar-refractivity contribution in [3.63, 3.8) is 0 Å². The standard InChI is InChI=1S/C12H15N3O/c1-7-5-8(6-16-7)12-14-10-4-2-3-9(13)11(10)15-12/h2-4,7-8H,5-6,13H2,1H3,(H,14,15). The van der Waals surface area contributed by atoms with E-state index in [1.54, 1.807) is 0 Å². The Morgan fingerprint density at radius 1 is 1.50 bits per heavy atom. The zero-order valence-corrected chi connectivity index (χ0v) is 9.23. The number of rotatable bonds is 1. The molecule has 1 fully saturated rings. The molecule has 4 heteroatoms. The summed E-state index contributed by atoms with van der Waals surface area (Å²) in [6, 6.07) is 5.82. The SMILES string of the molecule is CC1CC(c2nc3c(N)cccc3[nH]2)CO1. The highest BCUT2D eigenvalue weighted by atomic mass is 16.5. The van der Waals surface area contributed by atoms with Crippen LogP contribution in [0.4, 0.5) is 5.69 Å². The molecule has 0 saturated carbocycles. The summed E-state index contributed by atoms with van der Waals surface area (Å²) in [4.78, 5) is 7.90. The quantitative estimate of drug-likeness (QED) is 0.718. The van der Waals surface area contributed by atoms with E-state index in [4.69, 9.17) is 10.5 Å². The minimum atomic E-state index is 0.329. The number of fused-ring (bicyclic) bond motifs is 1. The Morgan fingerprint density at radius 2 is 2.38 bits per heavy atom. The van der Waals surface area contributed by atoms with E-state index in [2.05, 4.69) is 16.9 Å². The number of hydrogen-bond acceptors (Lipinski definition) is 3. The lowest BCUT2D eigenvalue weighted by Crippen LogP contribution is -2.00. The number of aromatic amines is 1. The Morgan fingerprint density at radius 3 is 3.06 bits per heavy atom. The second-order valence-electron chi connectivity index (χ2n) is 4.44. The average Bonchev–Trinajstić information content (AvgIpc) is 2.84. The molecular formula is C12H15N3O. The topological polar surface area (TPSA) is 63.9 Å². The Kier molecular flexibility index (Phi) is 2.11. The first-order valence-electron chi connectivity index (χ1n) is 5.60. The molecule has 3 rings (SSSR count). The van der Waals surface area contributed by atoms with Crippen LogP contribution in [0, 0.1) is 0 Å². The van der Waals surface area contributed by atoms with E-state index in [0.717, 1.165) is 35.6 Å². The van der Waals surface area contributed by atoms with Gasteiger partial charge in [0.1, 0.15) is 11.3 Å². The monoisotopic (exact) mass is 217 g/mol. The fraction of sp³-hybridized carbons (Fsp3) is 0.417. The van der Waals surface area contributed by atoms with Gasteiger partial charge in [-0.3, -0.25) is 0 Å². The number of nitrogens with one attached hydrogen (secondary N) is 1. The summed E-state index contributed by atoms with van der Waals surface area (Å²) in [6.07, 6.45) is 1.36. The van der Waals surface area contributed by atoms with Gasteiger partial charge in [0.2, 0.25) is 0 Å². The van der Waals surface area contributed by atoms with E-state index in [0.29, 0.717) is 12.0 Å². The highest BCUT2D eigenvalue weighted by Crippen LogP contribution is 2.29. The Bertz CT molecular complexity index is 520. The number of H-pyrrole nitrogens is 1. The molecule has 0 spiro atoms. The minimum absolute atomic E-state index is 0.329. The number of para-hydroxylation sites is 1. The second-order valence-corrected chi connectivity index (χ2v) is 4.44. The van der Waals surface area contributed by atoms with E-state index in [1.165, 1.54) is 0 Å². The molecule has 0 aliphatic carbocycles. The number of ether oxygens (including phenoxy) is 1. The Hall–Kier alpha value is -1.55. The van der Waals surface area contributed by atoms with E-state index in [-0.39, 0.29) is 0 Å². The summed E-state index contributed by atoms with van der Waals surface area (Å²) in [6.45, 7) is 2.85. The van der Waals surface area contributed by atoms with Crippen LogP contribution < -0.4 is 5.73 Å². The van der Waals surface area contributed by atoms with Gasteiger partial charge in [0.05, 0.1) is 23.9 Å². The molecule has 2 unspecified atom stereocenters. The zero-order chi connectivity index (χ0) is 11.1. The van der Waals surface area contributed by atoms with Crippen LogP contribution in [0.5, 0.6) is 0 Å². The first-order valence-corrected chi connectivity index (χ1v) is 5.60. The van der Waals surface area contributed by atoms with Crippen molar-refractivity contribution in [2.75, 3.05) is 12.3 Å².